The van der Waals surface area contributed by atoms with Crippen LogP contribution in [0.2, 0.25) is 0 Å². The molecule has 7 heteroatoms. The summed E-state index contributed by atoms with van der Waals surface area (Å²) >= 11 is 0. The number of esters is 2. The van der Waals surface area contributed by atoms with E-state index in [4.69, 9.17) is 5.73 Å². The molecule has 1 rings (SSSR count). The largest absolute Gasteiger partial charge is 0.469 e. The zero-order chi connectivity index (χ0) is 14.4. The molecule has 0 saturated carbocycles. The summed E-state index contributed by atoms with van der Waals surface area (Å²) in [5.74, 6) is -2.81. The van der Waals surface area contributed by atoms with E-state index >= 15 is 0 Å². The van der Waals surface area contributed by atoms with E-state index in [2.05, 4.69) is 14.8 Å². The first-order chi connectivity index (χ1) is 9.01. The summed E-state index contributed by atoms with van der Waals surface area (Å²) in [6, 6.07) is 0. The zero-order valence-corrected chi connectivity index (χ0v) is 10.8. The highest BCUT2D eigenvalue weighted by molar-refractivity contribution is 5.95. The van der Waals surface area contributed by atoms with Crippen LogP contribution in [0.15, 0.2) is 23.5 Å². The summed E-state index contributed by atoms with van der Waals surface area (Å²) < 4.78 is 9.17. The Morgan fingerprint density at radius 3 is 2.58 bits per heavy atom. The quantitative estimate of drug-likeness (QED) is 0.656. The Balaban J connectivity index is 3.10. The van der Waals surface area contributed by atoms with Crippen molar-refractivity contribution in [3.63, 3.8) is 0 Å². The number of rotatable bonds is 5. The van der Waals surface area contributed by atoms with Gasteiger partial charge >= 0.3 is 11.9 Å². The predicted molar refractivity (Wildman–Crippen MR) is 65.3 cm³/mol. The molecule has 1 heterocycles. The minimum atomic E-state index is -0.940. The minimum absolute atomic E-state index is 0.226. The average molecular weight is 268 g/mol. The van der Waals surface area contributed by atoms with Crippen molar-refractivity contribution in [3.8, 4) is 0 Å². The van der Waals surface area contributed by atoms with Gasteiger partial charge in [-0.05, 0) is 12.6 Å². The average Bonchev–Trinajstić information content (AvgIpc) is 2.43. The van der Waals surface area contributed by atoms with Crippen molar-refractivity contribution in [1.82, 2.24) is 5.32 Å². The van der Waals surface area contributed by atoms with Crippen molar-refractivity contribution < 1.29 is 23.9 Å². The summed E-state index contributed by atoms with van der Waals surface area (Å²) in [4.78, 5) is 34.5. The number of carbonyl (C=O) groups is 3. The molecule has 0 fully saturated rings. The molecule has 104 valence electrons. The first-order valence-corrected chi connectivity index (χ1v) is 5.60. The smallest absolute Gasteiger partial charge is 0.315 e. The highest BCUT2D eigenvalue weighted by Gasteiger charge is 2.31. The molecule has 0 radical (unpaired) electrons. The van der Waals surface area contributed by atoms with Gasteiger partial charge in [0, 0.05) is 11.3 Å². The van der Waals surface area contributed by atoms with Gasteiger partial charge in [0.1, 0.15) is 5.92 Å². The van der Waals surface area contributed by atoms with E-state index < -0.39 is 23.8 Å². The number of hydrogen-bond acceptors (Lipinski definition) is 6. The van der Waals surface area contributed by atoms with Gasteiger partial charge in [-0.1, -0.05) is 6.08 Å². The molecule has 0 bridgehead atoms. The second kappa shape index (κ2) is 6.58. The third-order valence-electron chi connectivity index (χ3n) is 2.73. The molecule has 1 atom stereocenters. The van der Waals surface area contributed by atoms with Gasteiger partial charge in [-0.25, -0.2) is 0 Å². The number of nitrogens with one attached hydrogen (secondary N) is 1. The van der Waals surface area contributed by atoms with Crippen molar-refractivity contribution in [2.45, 2.75) is 12.8 Å². The molecule has 0 aromatic rings. The van der Waals surface area contributed by atoms with E-state index in [9.17, 15) is 14.4 Å². The van der Waals surface area contributed by atoms with E-state index in [1.165, 1.54) is 14.2 Å². The second-order valence-corrected chi connectivity index (χ2v) is 3.86. The molecular weight excluding hydrogens is 252 g/mol. The molecule has 0 aliphatic carbocycles. The fraction of sp³-hybridized carbons (Fsp3) is 0.417. The lowest BCUT2D eigenvalue weighted by molar-refractivity contribution is -0.150. The van der Waals surface area contributed by atoms with Gasteiger partial charge in [0.05, 0.1) is 20.6 Å². The fourth-order valence-electron chi connectivity index (χ4n) is 1.76. The van der Waals surface area contributed by atoms with Gasteiger partial charge < -0.3 is 20.5 Å². The Bertz CT molecular complexity index is 453. The van der Waals surface area contributed by atoms with Crippen LogP contribution in [0.1, 0.15) is 12.8 Å². The second-order valence-electron chi connectivity index (χ2n) is 3.86. The lowest BCUT2D eigenvalue weighted by atomic mass is 9.93. The summed E-state index contributed by atoms with van der Waals surface area (Å²) in [5.41, 5.74) is 5.80. The molecule has 7 nitrogen and oxygen atoms in total. The van der Waals surface area contributed by atoms with Gasteiger partial charge in [-0.2, -0.15) is 0 Å². The van der Waals surface area contributed by atoms with Crippen LogP contribution in [0, 0.1) is 5.92 Å². The molecular formula is C12H16N2O5. The summed E-state index contributed by atoms with van der Waals surface area (Å²) in [7, 11) is 2.42. The van der Waals surface area contributed by atoms with Crippen molar-refractivity contribution in [1.29, 1.82) is 0 Å². The highest BCUT2D eigenvalue weighted by Crippen LogP contribution is 2.23. The molecule has 0 aromatic heterocycles. The fourth-order valence-corrected chi connectivity index (χ4v) is 1.76. The number of dihydropyridines is 1. The number of ether oxygens (including phenoxy) is 2. The Kier molecular flexibility index (Phi) is 5.11. The number of nitrogens with two attached hydrogens (primary N) is 1. The predicted octanol–water partition coefficient (Wildman–Crippen LogP) is -0.415. The number of carbonyl (C=O) groups excluding carboxylic acids is 3. The van der Waals surface area contributed by atoms with Gasteiger partial charge in [0.2, 0.25) is 5.91 Å². The number of hydrogen-bond donors (Lipinski definition) is 2. The van der Waals surface area contributed by atoms with Crippen LogP contribution < -0.4 is 11.1 Å². The maximum atomic E-state index is 11.8. The number of allylic oxidation sites excluding steroid dienone is 1. The standard InChI is InChI=1S/C12H16N2O5/c1-18-9(15)6-8(12(17)19-2)10-7(11(13)16)4-3-5-14-10/h3,5,8,14H,4,6H2,1-2H3,(H2,13,16). The number of methoxy groups -OCH3 is 2. The van der Waals surface area contributed by atoms with Crippen molar-refractivity contribution >= 4 is 17.8 Å². The lowest BCUT2D eigenvalue weighted by Crippen LogP contribution is -2.32. The van der Waals surface area contributed by atoms with E-state index in [-0.39, 0.29) is 17.7 Å². The van der Waals surface area contributed by atoms with Crippen LogP contribution in [0.3, 0.4) is 0 Å². The summed E-state index contributed by atoms with van der Waals surface area (Å²) in [6.45, 7) is 0. The first kappa shape index (κ1) is 14.7. The Morgan fingerprint density at radius 1 is 1.37 bits per heavy atom. The van der Waals surface area contributed by atoms with Crippen LogP contribution in [0.5, 0.6) is 0 Å². The maximum absolute atomic E-state index is 11.8. The topological polar surface area (TPSA) is 108 Å². The molecule has 1 unspecified atom stereocenters. The van der Waals surface area contributed by atoms with Gasteiger partial charge in [-0.3, -0.25) is 14.4 Å². The van der Waals surface area contributed by atoms with Crippen LogP contribution in [-0.2, 0) is 23.9 Å². The van der Waals surface area contributed by atoms with E-state index in [1.54, 1.807) is 12.3 Å². The third kappa shape index (κ3) is 3.57. The van der Waals surface area contributed by atoms with Gasteiger partial charge in [0.15, 0.2) is 0 Å². The summed E-state index contributed by atoms with van der Waals surface area (Å²) in [6.07, 6.45) is 3.34. The Labute approximate surface area is 110 Å². The molecule has 0 aromatic carbocycles. The molecule has 0 saturated heterocycles. The first-order valence-electron chi connectivity index (χ1n) is 5.60. The van der Waals surface area contributed by atoms with Crippen LogP contribution in [-0.4, -0.2) is 32.1 Å². The monoisotopic (exact) mass is 268 g/mol. The number of primary amides is 1. The van der Waals surface area contributed by atoms with E-state index in [0.717, 1.165) is 0 Å². The Hall–Kier alpha value is -2.31. The molecule has 1 aliphatic heterocycles. The molecule has 1 aliphatic rings. The van der Waals surface area contributed by atoms with Crippen LogP contribution >= 0.6 is 0 Å². The SMILES string of the molecule is COC(=O)CC(C(=O)OC)C1=C(C(N)=O)CC=CN1. The summed E-state index contributed by atoms with van der Waals surface area (Å²) in [5, 5.41) is 2.78. The molecule has 0 spiro atoms. The molecule has 19 heavy (non-hydrogen) atoms. The Morgan fingerprint density at radius 2 is 2.05 bits per heavy atom. The zero-order valence-electron chi connectivity index (χ0n) is 10.8. The van der Waals surface area contributed by atoms with Crippen molar-refractivity contribution in [3.05, 3.63) is 23.5 Å². The number of amides is 1. The third-order valence-corrected chi connectivity index (χ3v) is 2.73. The van der Waals surface area contributed by atoms with E-state index in [1.807, 2.05) is 0 Å². The highest BCUT2D eigenvalue weighted by atomic mass is 16.5. The van der Waals surface area contributed by atoms with Gasteiger partial charge in [-0.15, -0.1) is 0 Å². The van der Waals surface area contributed by atoms with Crippen LogP contribution in [0.25, 0.3) is 0 Å². The minimum Gasteiger partial charge on any atom is -0.469 e. The molecule has 3 N–H and O–H groups in total. The molecule has 1 amide bonds. The van der Waals surface area contributed by atoms with E-state index in [0.29, 0.717) is 6.42 Å². The van der Waals surface area contributed by atoms with Gasteiger partial charge in [0.25, 0.3) is 0 Å². The maximum Gasteiger partial charge on any atom is 0.315 e. The van der Waals surface area contributed by atoms with Crippen molar-refractivity contribution in [2.75, 3.05) is 14.2 Å². The van der Waals surface area contributed by atoms with Crippen molar-refractivity contribution in [2.24, 2.45) is 11.7 Å². The normalized spacial score (nSPS) is 15.5. The lowest BCUT2D eigenvalue weighted by Gasteiger charge is -2.22. The van der Waals surface area contributed by atoms with Crippen LogP contribution in [0.4, 0.5) is 0 Å².